The molecule has 0 aromatic heterocycles. The molecule has 0 radical (unpaired) electrons. The average molecular weight is 339 g/mol. The number of carboxylic acids is 1. The highest BCUT2D eigenvalue weighted by molar-refractivity contribution is 5.94. The summed E-state index contributed by atoms with van der Waals surface area (Å²) in [6.45, 7) is 1.14. The number of carbonyl (C=O) groups excluding carboxylic acids is 1. The van der Waals surface area contributed by atoms with Gasteiger partial charge in [0.15, 0.2) is 0 Å². The first-order valence-corrected chi connectivity index (χ1v) is 7.91. The summed E-state index contributed by atoms with van der Waals surface area (Å²) in [6.07, 6.45) is 1.54. The maximum atomic E-state index is 13.7. The number of aliphatic carboxylic acids is 1. The number of benzene rings is 1. The molecule has 7 heteroatoms. The van der Waals surface area contributed by atoms with Crippen LogP contribution in [0.2, 0.25) is 0 Å². The van der Waals surface area contributed by atoms with E-state index in [1.807, 2.05) is 0 Å². The Morgan fingerprint density at radius 3 is 2.88 bits per heavy atom. The van der Waals surface area contributed by atoms with Gasteiger partial charge in [0.2, 0.25) is 0 Å². The molecule has 0 spiro atoms. The van der Waals surface area contributed by atoms with Crippen molar-refractivity contribution >= 4 is 11.9 Å². The Bertz CT molecular complexity index is 586. The molecular weight excluding hydrogens is 317 g/mol. The van der Waals surface area contributed by atoms with Gasteiger partial charge in [0, 0.05) is 37.9 Å². The van der Waals surface area contributed by atoms with E-state index in [1.54, 1.807) is 0 Å². The van der Waals surface area contributed by atoms with Gasteiger partial charge in [-0.05, 0) is 31.0 Å². The molecule has 0 aliphatic carbocycles. The topological polar surface area (TPSA) is 76.1 Å². The molecule has 0 unspecified atom stereocenters. The minimum atomic E-state index is -0.973. The van der Waals surface area contributed by atoms with Crippen molar-refractivity contribution < 1.29 is 28.6 Å². The Hall–Kier alpha value is -1.99. The molecular formula is C17H22FNO5. The summed E-state index contributed by atoms with van der Waals surface area (Å²) in [5.41, 5.74) is 0.602. The number of rotatable bonds is 8. The van der Waals surface area contributed by atoms with Gasteiger partial charge in [-0.15, -0.1) is 0 Å². The van der Waals surface area contributed by atoms with Gasteiger partial charge < -0.3 is 19.5 Å². The SMILES string of the molecule is COCc1cc(C(=O)N(CCC(=O)O)C[C@@H]2CCCO2)ccc1F. The van der Waals surface area contributed by atoms with Crippen LogP contribution in [0.3, 0.4) is 0 Å². The largest absolute Gasteiger partial charge is 0.481 e. The second-order valence-electron chi connectivity index (χ2n) is 5.77. The monoisotopic (exact) mass is 339 g/mol. The van der Waals surface area contributed by atoms with Crippen LogP contribution in [0.25, 0.3) is 0 Å². The predicted molar refractivity (Wildman–Crippen MR) is 84.2 cm³/mol. The van der Waals surface area contributed by atoms with Crippen LogP contribution in [0, 0.1) is 5.82 Å². The van der Waals surface area contributed by atoms with Gasteiger partial charge in [0.1, 0.15) is 5.82 Å². The summed E-state index contributed by atoms with van der Waals surface area (Å²) < 4.78 is 24.2. The first-order chi connectivity index (χ1) is 11.5. The smallest absolute Gasteiger partial charge is 0.305 e. The normalized spacial score (nSPS) is 17.0. The van der Waals surface area contributed by atoms with E-state index in [9.17, 15) is 14.0 Å². The second-order valence-corrected chi connectivity index (χ2v) is 5.77. The Balaban J connectivity index is 2.15. The molecule has 1 aliphatic rings. The molecule has 132 valence electrons. The maximum Gasteiger partial charge on any atom is 0.305 e. The average Bonchev–Trinajstić information content (AvgIpc) is 3.06. The van der Waals surface area contributed by atoms with E-state index in [0.717, 1.165) is 12.8 Å². The Kier molecular flexibility index (Phi) is 6.69. The summed E-state index contributed by atoms with van der Waals surface area (Å²) in [5, 5.41) is 8.89. The molecule has 2 rings (SSSR count). The number of carboxylic acid groups (broad SMARTS) is 1. The number of amides is 1. The maximum absolute atomic E-state index is 13.7. The van der Waals surface area contributed by atoms with E-state index in [-0.39, 0.29) is 31.6 Å². The van der Waals surface area contributed by atoms with Crippen LogP contribution in [0.15, 0.2) is 18.2 Å². The molecule has 1 aliphatic heterocycles. The zero-order chi connectivity index (χ0) is 17.5. The number of methoxy groups -OCH3 is 1. The molecule has 1 N–H and O–H groups in total. The highest BCUT2D eigenvalue weighted by Gasteiger charge is 2.24. The first-order valence-electron chi connectivity index (χ1n) is 7.91. The van der Waals surface area contributed by atoms with Crippen LogP contribution in [0.5, 0.6) is 0 Å². The zero-order valence-electron chi connectivity index (χ0n) is 13.7. The Morgan fingerprint density at radius 1 is 1.46 bits per heavy atom. The van der Waals surface area contributed by atoms with E-state index in [2.05, 4.69) is 0 Å². The van der Waals surface area contributed by atoms with Crippen LogP contribution >= 0.6 is 0 Å². The lowest BCUT2D eigenvalue weighted by molar-refractivity contribution is -0.137. The number of nitrogens with zero attached hydrogens (tertiary/aromatic N) is 1. The Labute approximate surface area is 140 Å². The molecule has 1 aromatic rings. The van der Waals surface area contributed by atoms with Crippen molar-refractivity contribution in [2.45, 2.75) is 32.0 Å². The number of halogens is 1. The number of carbonyl (C=O) groups is 2. The van der Waals surface area contributed by atoms with E-state index in [1.165, 1.54) is 30.2 Å². The molecule has 1 aromatic carbocycles. The van der Waals surface area contributed by atoms with Gasteiger partial charge in [0.25, 0.3) is 5.91 Å². The van der Waals surface area contributed by atoms with Crippen molar-refractivity contribution in [1.29, 1.82) is 0 Å². The third kappa shape index (κ3) is 5.01. The molecule has 24 heavy (non-hydrogen) atoms. The van der Waals surface area contributed by atoms with Crippen molar-refractivity contribution in [2.75, 3.05) is 26.8 Å². The van der Waals surface area contributed by atoms with E-state index < -0.39 is 11.8 Å². The quantitative estimate of drug-likeness (QED) is 0.785. The van der Waals surface area contributed by atoms with Crippen LogP contribution in [-0.2, 0) is 20.9 Å². The molecule has 1 amide bonds. The summed E-state index contributed by atoms with van der Waals surface area (Å²) >= 11 is 0. The van der Waals surface area contributed by atoms with Gasteiger partial charge in [-0.3, -0.25) is 9.59 Å². The summed E-state index contributed by atoms with van der Waals surface area (Å²) in [4.78, 5) is 25.0. The first kappa shape index (κ1) is 18.4. The standard InChI is InChI=1S/C17H22FNO5/c1-23-11-13-9-12(4-5-15(13)18)17(22)19(7-6-16(20)21)10-14-3-2-8-24-14/h4-5,9,14H,2-3,6-8,10-11H2,1H3,(H,20,21)/t14-/m0/s1. The zero-order valence-corrected chi connectivity index (χ0v) is 13.7. The summed E-state index contributed by atoms with van der Waals surface area (Å²) in [7, 11) is 1.45. The third-order valence-electron chi connectivity index (χ3n) is 3.92. The Morgan fingerprint density at radius 2 is 2.25 bits per heavy atom. The van der Waals surface area contributed by atoms with Crippen molar-refractivity contribution in [1.82, 2.24) is 4.90 Å². The van der Waals surface area contributed by atoms with Gasteiger partial charge in [0.05, 0.1) is 19.1 Å². The van der Waals surface area contributed by atoms with Gasteiger partial charge >= 0.3 is 5.97 Å². The van der Waals surface area contributed by atoms with Gasteiger partial charge in [-0.1, -0.05) is 0 Å². The van der Waals surface area contributed by atoms with Gasteiger partial charge in [-0.25, -0.2) is 4.39 Å². The molecule has 1 fully saturated rings. The fourth-order valence-corrected chi connectivity index (χ4v) is 2.70. The summed E-state index contributed by atoms with van der Waals surface area (Å²) in [5.74, 6) is -1.74. The van der Waals surface area contributed by atoms with Crippen molar-refractivity contribution in [3.05, 3.63) is 35.1 Å². The minimum absolute atomic E-state index is 0.0633. The molecule has 0 bridgehead atoms. The van der Waals surface area contributed by atoms with E-state index >= 15 is 0 Å². The highest BCUT2D eigenvalue weighted by Crippen LogP contribution is 2.17. The summed E-state index contributed by atoms with van der Waals surface area (Å²) in [6, 6.07) is 4.08. The van der Waals surface area contributed by atoms with Crippen LogP contribution < -0.4 is 0 Å². The molecule has 1 heterocycles. The van der Waals surface area contributed by atoms with Crippen molar-refractivity contribution in [2.24, 2.45) is 0 Å². The van der Waals surface area contributed by atoms with E-state index in [4.69, 9.17) is 14.6 Å². The molecule has 6 nitrogen and oxygen atoms in total. The number of ether oxygens (including phenoxy) is 2. The lowest BCUT2D eigenvalue weighted by Gasteiger charge is -2.25. The van der Waals surface area contributed by atoms with Crippen molar-refractivity contribution in [3.8, 4) is 0 Å². The third-order valence-corrected chi connectivity index (χ3v) is 3.92. The van der Waals surface area contributed by atoms with Crippen LogP contribution in [-0.4, -0.2) is 54.8 Å². The van der Waals surface area contributed by atoms with Crippen LogP contribution in [0.4, 0.5) is 4.39 Å². The molecule has 1 atom stereocenters. The fraction of sp³-hybridized carbons (Fsp3) is 0.529. The van der Waals surface area contributed by atoms with Crippen LogP contribution in [0.1, 0.15) is 35.2 Å². The molecule has 1 saturated heterocycles. The van der Waals surface area contributed by atoms with E-state index in [0.29, 0.717) is 24.3 Å². The lowest BCUT2D eigenvalue weighted by Crippen LogP contribution is -2.38. The predicted octanol–water partition coefficient (Wildman–Crippen LogP) is 2.07. The van der Waals surface area contributed by atoms with Crippen molar-refractivity contribution in [3.63, 3.8) is 0 Å². The molecule has 0 saturated carbocycles. The second kappa shape index (κ2) is 8.75. The lowest BCUT2D eigenvalue weighted by atomic mass is 10.1. The number of hydrogen-bond acceptors (Lipinski definition) is 4. The minimum Gasteiger partial charge on any atom is -0.481 e. The van der Waals surface area contributed by atoms with Gasteiger partial charge in [-0.2, -0.15) is 0 Å². The fourth-order valence-electron chi connectivity index (χ4n) is 2.70. The number of hydrogen-bond donors (Lipinski definition) is 1. The highest BCUT2D eigenvalue weighted by atomic mass is 19.1.